The summed E-state index contributed by atoms with van der Waals surface area (Å²) in [4.78, 5) is 4.42. The van der Waals surface area contributed by atoms with Gasteiger partial charge >= 0.3 is 6.18 Å². The Morgan fingerprint density at radius 2 is 1.81 bits per heavy atom. The molecule has 0 bridgehead atoms. The molecule has 0 unspecified atom stereocenters. The monoisotopic (exact) mass is 370 g/mol. The molecule has 0 atom stereocenters. The molecule has 0 saturated carbocycles. The van der Waals surface area contributed by atoms with Crippen molar-refractivity contribution in [2.45, 2.75) is 13.1 Å². The maximum atomic E-state index is 13.1. The third kappa shape index (κ3) is 3.84. The van der Waals surface area contributed by atoms with E-state index in [1.54, 1.807) is 5.38 Å². The van der Waals surface area contributed by atoms with E-state index in [4.69, 9.17) is 0 Å². The van der Waals surface area contributed by atoms with Crippen LogP contribution in [0, 0.1) is 18.3 Å². The highest BCUT2D eigenvalue weighted by Crippen LogP contribution is 2.34. The Balaban J connectivity index is 2.00. The lowest BCUT2D eigenvalue weighted by Crippen LogP contribution is -2.07. The van der Waals surface area contributed by atoms with Gasteiger partial charge in [0, 0.05) is 10.9 Å². The van der Waals surface area contributed by atoms with Gasteiger partial charge in [-0.25, -0.2) is 4.98 Å². The van der Waals surface area contributed by atoms with Crippen LogP contribution in [0.5, 0.6) is 0 Å². The Kier molecular flexibility index (Phi) is 4.92. The fourth-order valence-electron chi connectivity index (χ4n) is 2.43. The summed E-state index contributed by atoms with van der Waals surface area (Å²) >= 11 is 1.23. The topological polar surface area (TPSA) is 36.7 Å². The van der Waals surface area contributed by atoms with Crippen molar-refractivity contribution < 1.29 is 13.2 Å². The molecule has 0 aliphatic heterocycles. The molecule has 1 aromatic heterocycles. The molecule has 0 N–H and O–H groups in total. The molecular weight excluding hydrogens is 357 g/mol. The predicted octanol–water partition coefficient (Wildman–Crippen LogP) is 6.20. The second-order valence-electron chi connectivity index (χ2n) is 5.66. The van der Waals surface area contributed by atoms with E-state index >= 15 is 0 Å². The number of alkyl halides is 3. The Bertz CT molecular complexity index is 993. The van der Waals surface area contributed by atoms with Crippen molar-refractivity contribution in [3.8, 4) is 17.3 Å². The maximum Gasteiger partial charge on any atom is 0.416 e. The summed E-state index contributed by atoms with van der Waals surface area (Å²) in [6, 6.07) is 14.9. The molecule has 26 heavy (non-hydrogen) atoms. The molecule has 1 heterocycles. The second kappa shape index (κ2) is 7.14. The first kappa shape index (κ1) is 17.9. The Morgan fingerprint density at radius 3 is 2.46 bits per heavy atom. The number of nitrogens with zero attached hydrogens (tertiary/aromatic N) is 2. The molecule has 3 rings (SSSR count). The van der Waals surface area contributed by atoms with E-state index in [0.717, 1.165) is 17.2 Å². The van der Waals surface area contributed by atoms with Crippen molar-refractivity contribution >= 4 is 23.0 Å². The zero-order valence-electron chi connectivity index (χ0n) is 13.7. The number of benzene rings is 2. The minimum atomic E-state index is -4.48. The minimum absolute atomic E-state index is 0.0522. The fraction of sp³-hybridized carbons (Fsp3) is 0.100. The van der Waals surface area contributed by atoms with Crippen LogP contribution in [0.3, 0.4) is 0 Å². The summed E-state index contributed by atoms with van der Waals surface area (Å²) in [5, 5.41) is 11.6. The van der Waals surface area contributed by atoms with Gasteiger partial charge in [0.2, 0.25) is 0 Å². The lowest BCUT2D eigenvalue weighted by molar-refractivity contribution is -0.137. The molecule has 0 aliphatic rings. The highest BCUT2D eigenvalue weighted by molar-refractivity contribution is 7.11. The van der Waals surface area contributed by atoms with Crippen molar-refractivity contribution in [1.82, 2.24) is 4.98 Å². The smallest absolute Gasteiger partial charge is 0.235 e. The molecule has 6 heteroatoms. The van der Waals surface area contributed by atoms with Crippen LogP contribution in [0.25, 0.3) is 22.9 Å². The van der Waals surface area contributed by atoms with Gasteiger partial charge in [-0.15, -0.1) is 11.3 Å². The first-order valence-corrected chi connectivity index (χ1v) is 8.57. The van der Waals surface area contributed by atoms with E-state index in [9.17, 15) is 18.4 Å². The summed E-state index contributed by atoms with van der Waals surface area (Å²) in [6.45, 7) is 1.98. The summed E-state index contributed by atoms with van der Waals surface area (Å²) in [6.07, 6.45) is -3.25. The van der Waals surface area contributed by atoms with Gasteiger partial charge in [0.25, 0.3) is 0 Å². The summed E-state index contributed by atoms with van der Waals surface area (Å²) in [7, 11) is 0. The number of nitriles is 1. The standard InChI is InChI=1S/C20H13F3N2S/c1-13-6-8-14(9-7-13)18-12-26-19(25-18)16(11-24)10-15-4-2-3-5-17(15)20(21,22)23/h2-10,12H,1H3/b16-10-. The van der Waals surface area contributed by atoms with E-state index in [2.05, 4.69) is 4.98 Å². The lowest BCUT2D eigenvalue weighted by Gasteiger charge is -2.09. The van der Waals surface area contributed by atoms with E-state index in [-0.39, 0.29) is 11.1 Å². The van der Waals surface area contributed by atoms with Gasteiger partial charge in [-0.05, 0) is 24.6 Å². The molecule has 0 radical (unpaired) electrons. The zero-order valence-corrected chi connectivity index (χ0v) is 14.5. The molecule has 3 aromatic rings. The Hall–Kier alpha value is -2.91. The summed E-state index contributed by atoms with van der Waals surface area (Å²) in [5.74, 6) is 0. The van der Waals surface area contributed by atoms with E-state index in [1.165, 1.54) is 35.6 Å². The van der Waals surface area contributed by atoms with Gasteiger partial charge in [-0.2, -0.15) is 18.4 Å². The van der Waals surface area contributed by atoms with Crippen LogP contribution in [0.2, 0.25) is 0 Å². The molecule has 2 nitrogen and oxygen atoms in total. The lowest BCUT2D eigenvalue weighted by atomic mass is 10.0. The summed E-state index contributed by atoms with van der Waals surface area (Å²) < 4.78 is 39.4. The van der Waals surface area contributed by atoms with Crippen molar-refractivity contribution in [3.63, 3.8) is 0 Å². The van der Waals surface area contributed by atoms with Crippen LogP contribution in [0.15, 0.2) is 53.9 Å². The van der Waals surface area contributed by atoms with Crippen molar-refractivity contribution in [1.29, 1.82) is 5.26 Å². The maximum absolute atomic E-state index is 13.1. The van der Waals surface area contributed by atoms with Crippen molar-refractivity contribution in [2.24, 2.45) is 0 Å². The molecule has 0 aliphatic carbocycles. The normalized spacial score (nSPS) is 12.0. The fourth-order valence-corrected chi connectivity index (χ4v) is 3.23. The highest BCUT2D eigenvalue weighted by atomic mass is 32.1. The average molecular weight is 370 g/mol. The van der Waals surface area contributed by atoms with Gasteiger partial charge in [0.15, 0.2) is 0 Å². The Labute approximate surface area is 152 Å². The van der Waals surface area contributed by atoms with Gasteiger partial charge in [0.1, 0.15) is 11.1 Å². The van der Waals surface area contributed by atoms with Crippen molar-refractivity contribution in [2.75, 3.05) is 0 Å². The number of aromatic nitrogens is 1. The third-order valence-corrected chi connectivity index (χ3v) is 4.64. The van der Waals surface area contributed by atoms with Gasteiger partial charge in [-0.3, -0.25) is 0 Å². The highest BCUT2D eigenvalue weighted by Gasteiger charge is 2.32. The molecule has 0 amide bonds. The van der Waals surface area contributed by atoms with Crippen LogP contribution in [0.4, 0.5) is 13.2 Å². The molecular formula is C20H13F3N2S. The SMILES string of the molecule is Cc1ccc(-c2csc(/C(C#N)=C\c3ccccc3C(F)(F)F)n2)cc1. The second-order valence-corrected chi connectivity index (χ2v) is 6.52. The number of aryl methyl sites for hydroxylation is 1. The van der Waals surface area contributed by atoms with Gasteiger partial charge in [0.05, 0.1) is 16.8 Å². The molecule has 0 saturated heterocycles. The molecule has 0 fully saturated rings. The van der Waals surface area contributed by atoms with Gasteiger partial charge in [-0.1, -0.05) is 48.0 Å². The molecule has 2 aromatic carbocycles. The van der Waals surface area contributed by atoms with Crippen LogP contribution >= 0.6 is 11.3 Å². The van der Waals surface area contributed by atoms with E-state index in [1.807, 2.05) is 37.3 Å². The van der Waals surface area contributed by atoms with Crippen LogP contribution in [-0.4, -0.2) is 4.98 Å². The molecule has 130 valence electrons. The van der Waals surface area contributed by atoms with Crippen LogP contribution in [-0.2, 0) is 6.18 Å². The van der Waals surface area contributed by atoms with Gasteiger partial charge < -0.3 is 0 Å². The predicted molar refractivity (Wildman–Crippen MR) is 97.2 cm³/mol. The minimum Gasteiger partial charge on any atom is -0.235 e. The first-order valence-electron chi connectivity index (χ1n) is 7.69. The first-order chi connectivity index (χ1) is 12.4. The number of thiazole rings is 1. The third-order valence-electron chi connectivity index (χ3n) is 3.77. The number of hydrogen-bond acceptors (Lipinski definition) is 3. The zero-order chi connectivity index (χ0) is 18.7. The Morgan fingerprint density at radius 1 is 1.12 bits per heavy atom. The largest absolute Gasteiger partial charge is 0.416 e. The quantitative estimate of drug-likeness (QED) is 0.515. The van der Waals surface area contributed by atoms with Crippen molar-refractivity contribution in [3.05, 3.63) is 75.6 Å². The average Bonchev–Trinajstić information content (AvgIpc) is 3.09. The number of rotatable bonds is 3. The molecule has 0 spiro atoms. The van der Waals surface area contributed by atoms with Crippen LogP contribution in [0.1, 0.15) is 21.7 Å². The number of halogens is 3. The summed E-state index contributed by atoms with van der Waals surface area (Å²) in [5.41, 5.74) is 1.98. The van der Waals surface area contributed by atoms with E-state index in [0.29, 0.717) is 10.7 Å². The van der Waals surface area contributed by atoms with E-state index < -0.39 is 11.7 Å². The van der Waals surface area contributed by atoms with Crippen LogP contribution < -0.4 is 0 Å². The number of allylic oxidation sites excluding steroid dienone is 1. The number of hydrogen-bond donors (Lipinski definition) is 0.